The molecule has 2 amide bonds. The zero-order valence-corrected chi connectivity index (χ0v) is 13.0. The van der Waals surface area contributed by atoms with E-state index in [1.807, 2.05) is 24.3 Å². The highest BCUT2D eigenvalue weighted by Crippen LogP contribution is 2.33. The molecule has 0 spiro atoms. The van der Waals surface area contributed by atoms with Gasteiger partial charge in [-0.1, -0.05) is 24.3 Å². The molecule has 2 aromatic rings. The molecule has 0 saturated carbocycles. The maximum Gasteiger partial charge on any atom is 0.414 e. The summed E-state index contributed by atoms with van der Waals surface area (Å²) in [5, 5.41) is 1.77. The average Bonchev–Trinajstić information content (AvgIpc) is 2.47. The first kappa shape index (κ1) is 15.6. The van der Waals surface area contributed by atoms with Crippen LogP contribution < -0.4 is 9.47 Å². The smallest absolute Gasteiger partial charge is 0.406 e. The molecule has 0 radical (unpaired) electrons. The molecule has 0 atom stereocenters. The number of hydrogen-bond acceptors (Lipinski definition) is 4. The van der Waals surface area contributed by atoms with Crippen LogP contribution in [0.25, 0.3) is 10.8 Å². The number of amides is 2. The fourth-order valence-corrected chi connectivity index (χ4v) is 1.73. The summed E-state index contributed by atoms with van der Waals surface area (Å²) in [6, 6.07) is 10.9. The van der Waals surface area contributed by atoms with Crippen molar-refractivity contribution in [1.29, 1.82) is 0 Å². The molecule has 0 bridgehead atoms. The lowest BCUT2D eigenvalue weighted by Crippen LogP contribution is -2.27. The molecular weight excluding hydrogens is 284 g/mol. The van der Waals surface area contributed by atoms with Crippen molar-refractivity contribution in [3.05, 3.63) is 36.4 Å². The van der Waals surface area contributed by atoms with Gasteiger partial charge in [0, 0.05) is 28.2 Å². The van der Waals surface area contributed by atoms with Gasteiger partial charge >= 0.3 is 12.2 Å². The van der Waals surface area contributed by atoms with Crippen LogP contribution in [0.3, 0.4) is 0 Å². The van der Waals surface area contributed by atoms with Gasteiger partial charge in [-0.25, -0.2) is 9.59 Å². The van der Waals surface area contributed by atoms with E-state index in [2.05, 4.69) is 0 Å². The van der Waals surface area contributed by atoms with E-state index >= 15 is 0 Å². The van der Waals surface area contributed by atoms with Crippen LogP contribution in [0.15, 0.2) is 36.4 Å². The molecule has 0 aliphatic heterocycles. The maximum atomic E-state index is 11.8. The van der Waals surface area contributed by atoms with Crippen LogP contribution in [-0.2, 0) is 0 Å². The normalized spacial score (nSPS) is 10.2. The Kier molecular flexibility index (Phi) is 4.50. The minimum absolute atomic E-state index is 0.201. The van der Waals surface area contributed by atoms with Crippen LogP contribution in [0.2, 0.25) is 0 Å². The van der Waals surface area contributed by atoms with Crippen LogP contribution in [0.1, 0.15) is 0 Å². The second-order valence-electron chi connectivity index (χ2n) is 5.17. The third kappa shape index (κ3) is 3.46. The van der Waals surface area contributed by atoms with Gasteiger partial charge in [0.1, 0.15) is 0 Å². The Bertz CT molecular complexity index is 650. The quantitative estimate of drug-likeness (QED) is 0.855. The Labute approximate surface area is 128 Å². The Balaban J connectivity index is 2.45. The lowest BCUT2D eigenvalue weighted by Gasteiger charge is -2.16. The maximum absolute atomic E-state index is 11.8. The van der Waals surface area contributed by atoms with Gasteiger partial charge in [0.05, 0.1) is 0 Å². The lowest BCUT2D eigenvalue weighted by molar-refractivity contribution is 0.161. The number of rotatable bonds is 2. The Hall–Kier alpha value is -2.76. The predicted octanol–water partition coefficient (Wildman–Crippen LogP) is 2.96. The van der Waals surface area contributed by atoms with E-state index < -0.39 is 12.2 Å². The van der Waals surface area contributed by atoms with Crippen molar-refractivity contribution in [2.75, 3.05) is 28.2 Å². The fourth-order valence-electron chi connectivity index (χ4n) is 1.73. The number of carbonyl (C=O) groups is 2. The van der Waals surface area contributed by atoms with Gasteiger partial charge in [0.15, 0.2) is 11.5 Å². The first-order valence-electron chi connectivity index (χ1n) is 6.69. The molecule has 0 saturated heterocycles. The van der Waals surface area contributed by atoms with Crippen molar-refractivity contribution in [2.24, 2.45) is 0 Å². The Morgan fingerprint density at radius 2 is 1.14 bits per heavy atom. The minimum atomic E-state index is -0.544. The highest BCUT2D eigenvalue weighted by atomic mass is 16.6. The summed E-state index contributed by atoms with van der Waals surface area (Å²) in [5.74, 6) is 0.403. The van der Waals surface area contributed by atoms with Crippen LogP contribution in [0, 0.1) is 0 Å². The van der Waals surface area contributed by atoms with E-state index in [1.54, 1.807) is 40.3 Å². The van der Waals surface area contributed by atoms with E-state index in [-0.39, 0.29) is 11.5 Å². The monoisotopic (exact) mass is 302 g/mol. The highest BCUT2D eigenvalue weighted by Gasteiger charge is 2.17. The van der Waals surface area contributed by atoms with Crippen molar-refractivity contribution >= 4 is 23.0 Å². The molecule has 0 fully saturated rings. The van der Waals surface area contributed by atoms with E-state index in [9.17, 15) is 9.59 Å². The molecule has 6 nitrogen and oxygen atoms in total. The van der Waals surface area contributed by atoms with Gasteiger partial charge in [-0.15, -0.1) is 0 Å². The summed E-state index contributed by atoms with van der Waals surface area (Å²) in [4.78, 5) is 26.1. The lowest BCUT2D eigenvalue weighted by atomic mass is 10.1. The standard InChI is InChI=1S/C16H18N2O4/c1-17(2)15(19)21-13-9-11-7-5-6-8-12(11)10-14(13)22-16(20)18(3)4/h5-10H,1-4H3. The molecule has 0 aliphatic carbocycles. The van der Waals surface area contributed by atoms with Crippen molar-refractivity contribution < 1.29 is 19.1 Å². The fraction of sp³-hybridized carbons (Fsp3) is 0.250. The van der Waals surface area contributed by atoms with Gasteiger partial charge in [-0.3, -0.25) is 0 Å². The predicted molar refractivity (Wildman–Crippen MR) is 83.4 cm³/mol. The number of benzene rings is 2. The van der Waals surface area contributed by atoms with E-state index in [4.69, 9.17) is 9.47 Å². The summed E-state index contributed by atoms with van der Waals surface area (Å²) in [6.45, 7) is 0. The van der Waals surface area contributed by atoms with Crippen LogP contribution in [-0.4, -0.2) is 50.2 Å². The first-order valence-corrected chi connectivity index (χ1v) is 6.69. The molecule has 0 heterocycles. The molecule has 0 N–H and O–H groups in total. The van der Waals surface area contributed by atoms with Crippen LogP contribution in [0.4, 0.5) is 9.59 Å². The highest BCUT2D eigenvalue weighted by molar-refractivity contribution is 5.88. The zero-order valence-electron chi connectivity index (χ0n) is 13.0. The van der Waals surface area contributed by atoms with Gasteiger partial charge in [0.2, 0.25) is 0 Å². The molecule has 0 unspecified atom stereocenters. The summed E-state index contributed by atoms with van der Waals surface area (Å²) < 4.78 is 10.6. The van der Waals surface area contributed by atoms with Crippen LogP contribution in [0.5, 0.6) is 11.5 Å². The second-order valence-corrected chi connectivity index (χ2v) is 5.17. The molecule has 2 aromatic carbocycles. The van der Waals surface area contributed by atoms with Crippen molar-refractivity contribution in [1.82, 2.24) is 9.80 Å². The molecule has 0 aliphatic rings. The molecule has 22 heavy (non-hydrogen) atoms. The average molecular weight is 302 g/mol. The number of fused-ring (bicyclic) bond motifs is 1. The van der Waals surface area contributed by atoms with Gasteiger partial charge < -0.3 is 19.3 Å². The molecule has 6 heteroatoms. The van der Waals surface area contributed by atoms with Gasteiger partial charge in [-0.2, -0.15) is 0 Å². The Morgan fingerprint density at radius 1 is 0.773 bits per heavy atom. The topological polar surface area (TPSA) is 59.1 Å². The van der Waals surface area contributed by atoms with Crippen molar-refractivity contribution in [2.45, 2.75) is 0 Å². The molecule has 0 aromatic heterocycles. The summed E-state index contributed by atoms with van der Waals surface area (Å²) >= 11 is 0. The van der Waals surface area contributed by atoms with Crippen molar-refractivity contribution in [3.8, 4) is 11.5 Å². The van der Waals surface area contributed by atoms with E-state index in [1.165, 1.54) is 9.80 Å². The largest absolute Gasteiger partial charge is 0.414 e. The molecule has 2 rings (SSSR count). The van der Waals surface area contributed by atoms with Crippen molar-refractivity contribution in [3.63, 3.8) is 0 Å². The third-order valence-corrected chi connectivity index (χ3v) is 2.94. The molecule has 116 valence electrons. The number of ether oxygens (including phenoxy) is 2. The summed E-state index contributed by atoms with van der Waals surface area (Å²) in [6.07, 6.45) is -1.09. The number of nitrogens with zero attached hydrogens (tertiary/aromatic N) is 2. The van der Waals surface area contributed by atoms with Crippen LogP contribution >= 0.6 is 0 Å². The van der Waals surface area contributed by atoms with Gasteiger partial charge in [-0.05, 0) is 22.9 Å². The first-order chi connectivity index (χ1) is 10.4. The zero-order chi connectivity index (χ0) is 16.3. The minimum Gasteiger partial charge on any atom is -0.406 e. The van der Waals surface area contributed by atoms with E-state index in [0.29, 0.717) is 0 Å². The number of hydrogen-bond donors (Lipinski definition) is 0. The SMILES string of the molecule is CN(C)C(=O)Oc1cc2ccccc2cc1OC(=O)N(C)C. The van der Waals surface area contributed by atoms with E-state index in [0.717, 1.165) is 10.8 Å². The third-order valence-electron chi connectivity index (χ3n) is 2.94. The van der Waals surface area contributed by atoms with Gasteiger partial charge in [0.25, 0.3) is 0 Å². The summed E-state index contributed by atoms with van der Waals surface area (Å²) in [7, 11) is 6.31. The second kappa shape index (κ2) is 6.34. The number of carbonyl (C=O) groups excluding carboxylic acids is 2. The summed E-state index contributed by atoms with van der Waals surface area (Å²) in [5.41, 5.74) is 0. The molecular formula is C16H18N2O4. The Morgan fingerprint density at radius 3 is 1.45 bits per heavy atom.